The van der Waals surface area contributed by atoms with Crippen molar-refractivity contribution in [2.24, 2.45) is 0 Å². The van der Waals surface area contributed by atoms with Crippen LogP contribution in [0.5, 0.6) is 5.75 Å². The molecule has 0 bridgehead atoms. The Balaban J connectivity index is 2.31. The van der Waals surface area contributed by atoms with Crippen molar-refractivity contribution in [3.63, 3.8) is 0 Å². The Kier molecular flexibility index (Phi) is 5.00. The highest BCUT2D eigenvalue weighted by atomic mass is 79.9. The number of halogens is 1. The summed E-state index contributed by atoms with van der Waals surface area (Å²) in [5.41, 5.74) is -0.438. The van der Waals surface area contributed by atoms with Crippen molar-refractivity contribution in [2.75, 3.05) is 6.61 Å². The fraction of sp³-hybridized carbons (Fsp3) is 0.462. The van der Waals surface area contributed by atoms with Crippen molar-refractivity contribution in [2.45, 2.75) is 32.8 Å². The van der Waals surface area contributed by atoms with E-state index in [2.05, 4.69) is 15.9 Å². The second-order valence-electron chi connectivity index (χ2n) is 4.64. The molecule has 0 N–H and O–H groups in total. The Morgan fingerprint density at radius 2 is 2.06 bits per heavy atom. The van der Waals surface area contributed by atoms with Crippen LogP contribution >= 0.6 is 15.9 Å². The zero-order valence-corrected chi connectivity index (χ0v) is 11.9. The van der Waals surface area contributed by atoms with Gasteiger partial charge in [-0.05, 0) is 39.0 Å². The topological polar surface area (TPSA) is 35.5 Å². The van der Waals surface area contributed by atoms with Crippen molar-refractivity contribution >= 4 is 21.9 Å². The molecule has 0 saturated heterocycles. The molecule has 0 atom stereocenters. The summed E-state index contributed by atoms with van der Waals surface area (Å²) >= 11 is 3.35. The Labute approximate surface area is 110 Å². The van der Waals surface area contributed by atoms with E-state index in [1.54, 1.807) is 0 Å². The lowest BCUT2D eigenvalue weighted by molar-refractivity contribution is -0.155. The minimum Gasteiger partial charge on any atom is -0.493 e. The SMILES string of the molecule is CC(C)(C)OC(=O)CCOc1cccc(Br)c1. The maximum Gasteiger partial charge on any atom is 0.309 e. The predicted molar refractivity (Wildman–Crippen MR) is 70.1 cm³/mol. The quantitative estimate of drug-likeness (QED) is 0.798. The molecule has 0 spiro atoms. The van der Waals surface area contributed by atoms with Crippen molar-refractivity contribution in [1.82, 2.24) is 0 Å². The molecule has 17 heavy (non-hydrogen) atoms. The first-order chi connectivity index (χ1) is 7.87. The second-order valence-corrected chi connectivity index (χ2v) is 5.56. The van der Waals surface area contributed by atoms with Crippen LogP contribution in [0.25, 0.3) is 0 Å². The summed E-state index contributed by atoms with van der Waals surface area (Å²) < 4.78 is 11.6. The van der Waals surface area contributed by atoms with Gasteiger partial charge in [0.25, 0.3) is 0 Å². The van der Waals surface area contributed by atoms with Crippen LogP contribution in [0.3, 0.4) is 0 Å². The number of esters is 1. The van der Waals surface area contributed by atoms with Gasteiger partial charge >= 0.3 is 5.97 Å². The molecule has 0 unspecified atom stereocenters. The summed E-state index contributed by atoms with van der Waals surface area (Å²) in [6.45, 7) is 5.87. The predicted octanol–water partition coefficient (Wildman–Crippen LogP) is 3.56. The summed E-state index contributed by atoms with van der Waals surface area (Å²) in [6.07, 6.45) is 0.254. The maximum atomic E-state index is 11.4. The van der Waals surface area contributed by atoms with Crippen LogP contribution in [-0.4, -0.2) is 18.2 Å². The van der Waals surface area contributed by atoms with Crippen LogP contribution < -0.4 is 4.74 Å². The molecule has 4 heteroatoms. The van der Waals surface area contributed by atoms with Crippen LogP contribution in [0.4, 0.5) is 0 Å². The zero-order chi connectivity index (χ0) is 12.9. The lowest BCUT2D eigenvalue weighted by atomic mass is 10.2. The minimum absolute atomic E-state index is 0.243. The van der Waals surface area contributed by atoms with Gasteiger partial charge in [0.05, 0.1) is 13.0 Å². The number of carbonyl (C=O) groups excluding carboxylic acids is 1. The van der Waals surface area contributed by atoms with E-state index in [9.17, 15) is 4.79 Å². The van der Waals surface area contributed by atoms with Gasteiger partial charge in [-0.15, -0.1) is 0 Å². The van der Waals surface area contributed by atoms with Gasteiger partial charge in [0.2, 0.25) is 0 Å². The molecule has 0 fully saturated rings. The van der Waals surface area contributed by atoms with E-state index in [4.69, 9.17) is 9.47 Å². The number of rotatable bonds is 4. The van der Waals surface area contributed by atoms with Crippen LogP contribution in [0, 0.1) is 0 Å². The molecular weight excluding hydrogens is 284 g/mol. The number of ether oxygens (including phenoxy) is 2. The van der Waals surface area contributed by atoms with Crippen LogP contribution in [0.15, 0.2) is 28.7 Å². The molecule has 0 aliphatic carbocycles. The smallest absolute Gasteiger partial charge is 0.309 e. The van der Waals surface area contributed by atoms with E-state index in [1.165, 1.54) is 0 Å². The normalized spacial score (nSPS) is 11.1. The highest BCUT2D eigenvalue weighted by molar-refractivity contribution is 9.10. The molecule has 94 valence electrons. The van der Waals surface area contributed by atoms with Gasteiger partial charge in [0.1, 0.15) is 11.4 Å². The summed E-state index contributed by atoms with van der Waals surface area (Å²) in [5.74, 6) is 0.496. The molecule has 3 nitrogen and oxygen atoms in total. The first kappa shape index (κ1) is 14.0. The molecule has 0 aliphatic heterocycles. The van der Waals surface area contributed by atoms with E-state index < -0.39 is 5.60 Å². The molecule has 0 aromatic heterocycles. The Morgan fingerprint density at radius 1 is 1.35 bits per heavy atom. The molecule has 1 aromatic carbocycles. The lowest BCUT2D eigenvalue weighted by Gasteiger charge is -2.19. The van der Waals surface area contributed by atoms with Crippen molar-refractivity contribution in [1.29, 1.82) is 0 Å². The number of benzene rings is 1. The minimum atomic E-state index is -0.438. The summed E-state index contributed by atoms with van der Waals surface area (Å²) in [6, 6.07) is 7.50. The summed E-state index contributed by atoms with van der Waals surface area (Å²) in [7, 11) is 0. The average Bonchev–Trinajstić information content (AvgIpc) is 2.14. The van der Waals surface area contributed by atoms with E-state index in [0.717, 1.165) is 10.2 Å². The first-order valence-electron chi connectivity index (χ1n) is 5.47. The van der Waals surface area contributed by atoms with Gasteiger partial charge in [0, 0.05) is 4.47 Å². The zero-order valence-electron chi connectivity index (χ0n) is 10.3. The molecule has 0 saturated carbocycles. The average molecular weight is 301 g/mol. The second kappa shape index (κ2) is 6.05. The van der Waals surface area contributed by atoms with Crippen molar-refractivity contribution < 1.29 is 14.3 Å². The summed E-state index contributed by atoms with van der Waals surface area (Å²) in [5, 5.41) is 0. The molecule has 0 heterocycles. The number of hydrogen-bond acceptors (Lipinski definition) is 3. The van der Waals surface area contributed by atoms with E-state index in [0.29, 0.717) is 6.61 Å². The fourth-order valence-corrected chi connectivity index (χ4v) is 1.58. The van der Waals surface area contributed by atoms with E-state index in [-0.39, 0.29) is 12.4 Å². The van der Waals surface area contributed by atoms with Crippen molar-refractivity contribution in [3.05, 3.63) is 28.7 Å². The van der Waals surface area contributed by atoms with Gasteiger partial charge in [-0.3, -0.25) is 4.79 Å². The molecular formula is C13H17BrO3. The largest absolute Gasteiger partial charge is 0.493 e. The van der Waals surface area contributed by atoms with Crippen LogP contribution in [0.2, 0.25) is 0 Å². The Hall–Kier alpha value is -1.03. The highest BCUT2D eigenvalue weighted by Gasteiger charge is 2.15. The van der Waals surface area contributed by atoms with Gasteiger partial charge in [-0.1, -0.05) is 22.0 Å². The van der Waals surface area contributed by atoms with Crippen LogP contribution in [0.1, 0.15) is 27.2 Å². The highest BCUT2D eigenvalue weighted by Crippen LogP contribution is 2.18. The Morgan fingerprint density at radius 3 is 2.65 bits per heavy atom. The van der Waals surface area contributed by atoms with Crippen molar-refractivity contribution in [3.8, 4) is 5.75 Å². The Bertz CT molecular complexity index is 382. The monoisotopic (exact) mass is 300 g/mol. The van der Waals surface area contributed by atoms with Gasteiger partial charge in [0.15, 0.2) is 0 Å². The lowest BCUT2D eigenvalue weighted by Crippen LogP contribution is -2.24. The van der Waals surface area contributed by atoms with Gasteiger partial charge < -0.3 is 9.47 Å². The number of hydrogen-bond donors (Lipinski definition) is 0. The fourth-order valence-electron chi connectivity index (χ4n) is 1.20. The molecule has 1 rings (SSSR count). The molecule has 0 radical (unpaired) electrons. The van der Waals surface area contributed by atoms with Gasteiger partial charge in [-0.25, -0.2) is 0 Å². The van der Waals surface area contributed by atoms with E-state index in [1.807, 2.05) is 45.0 Å². The standard InChI is InChI=1S/C13H17BrO3/c1-13(2,3)17-12(15)7-8-16-11-6-4-5-10(14)9-11/h4-6,9H,7-8H2,1-3H3. The van der Waals surface area contributed by atoms with Crippen LogP contribution in [-0.2, 0) is 9.53 Å². The molecule has 1 aromatic rings. The molecule has 0 amide bonds. The third kappa shape index (κ3) is 6.31. The number of carbonyl (C=O) groups is 1. The third-order valence-electron chi connectivity index (χ3n) is 1.79. The maximum absolute atomic E-state index is 11.4. The van der Waals surface area contributed by atoms with Gasteiger partial charge in [-0.2, -0.15) is 0 Å². The summed E-state index contributed by atoms with van der Waals surface area (Å²) in [4.78, 5) is 11.4. The third-order valence-corrected chi connectivity index (χ3v) is 2.28. The first-order valence-corrected chi connectivity index (χ1v) is 6.26. The molecule has 0 aliphatic rings. The van der Waals surface area contributed by atoms with E-state index >= 15 is 0 Å².